The summed E-state index contributed by atoms with van der Waals surface area (Å²) in [6.45, 7) is 5.66. The van der Waals surface area contributed by atoms with E-state index in [0.717, 1.165) is 11.6 Å². The van der Waals surface area contributed by atoms with Crippen molar-refractivity contribution in [3.63, 3.8) is 0 Å². The Balaban J connectivity index is 2.44. The van der Waals surface area contributed by atoms with E-state index in [0.29, 0.717) is 11.5 Å². The van der Waals surface area contributed by atoms with Crippen LogP contribution in [-0.2, 0) is 10.0 Å². The van der Waals surface area contributed by atoms with Crippen LogP contribution in [0.5, 0.6) is 5.75 Å². The number of rotatable bonds is 9. The summed E-state index contributed by atoms with van der Waals surface area (Å²) in [6, 6.07) is 10.9. The lowest BCUT2D eigenvalue weighted by atomic mass is 10.1. The van der Waals surface area contributed by atoms with E-state index < -0.39 is 14.9 Å². The lowest BCUT2D eigenvalue weighted by Crippen LogP contribution is -2.31. The van der Waals surface area contributed by atoms with Gasteiger partial charge in [-0.3, -0.25) is 15.5 Å². The van der Waals surface area contributed by atoms with Crippen LogP contribution in [0.4, 0.5) is 11.4 Å². The summed E-state index contributed by atoms with van der Waals surface area (Å²) in [6.07, 6.45) is 0. The molecule has 29 heavy (non-hydrogen) atoms. The van der Waals surface area contributed by atoms with Crippen molar-refractivity contribution in [2.45, 2.75) is 25.7 Å². The maximum Gasteiger partial charge on any atom is 0.270 e. The molecule has 0 aliphatic heterocycles. The minimum absolute atomic E-state index is 0.162. The van der Waals surface area contributed by atoms with E-state index in [-0.39, 0.29) is 29.4 Å². The number of hydrazone groups is 1. The molecule has 0 bridgehead atoms. The number of anilines is 1. The molecule has 0 saturated carbocycles. The first-order valence-corrected chi connectivity index (χ1v) is 10.4. The molecule has 0 radical (unpaired) electrons. The standard InChI is InChI=1S/C19H24N4O5S/c1-5-22(6-2)29(26,27)19-13-16(23(24)25)9-12-18(19)21-20-14(3)15-7-10-17(28-4)11-8-15/h7-13,21H,5-6H2,1-4H3. The largest absolute Gasteiger partial charge is 0.497 e. The number of ether oxygens (including phenoxy) is 1. The molecular weight excluding hydrogens is 396 g/mol. The first-order chi connectivity index (χ1) is 13.7. The van der Waals surface area contributed by atoms with Gasteiger partial charge < -0.3 is 4.74 Å². The highest BCUT2D eigenvalue weighted by atomic mass is 32.2. The van der Waals surface area contributed by atoms with Crippen LogP contribution < -0.4 is 10.2 Å². The fraction of sp³-hybridized carbons (Fsp3) is 0.316. The summed E-state index contributed by atoms with van der Waals surface area (Å²) >= 11 is 0. The quantitative estimate of drug-likeness (QED) is 0.377. The number of hydrogen-bond acceptors (Lipinski definition) is 7. The maximum absolute atomic E-state index is 13.0. The molecule has 10 heteroatoms. The zero-order valence-electron chi connectivity index (χ0n) is 16.7. The van der Waals surface area contributed by atoms with Crippen LogP contribution in [-0.4, -0.2) is 43.6 Å². The van der Waals surface area contributed by atoms with Gasteiger partial charge in [0.05, 0.1) is 23.4 Å². The van der Waals surface area contributed by atoms with E-state index >= 15 is 0 Å². The second kappa shape index (κ2) is 9.48. The number of nitro groups is 1. The lowest BCUT2D eigenvalue weighted by Gasteiger charge is -2.20. The zero-order valence-corrected chi connectivity index (χ0v) is 17.6. The van der Waals surface area contributed by atoms with Crippen molar-refractivity contribution < 1.29 is 18.1 Å². The number of benzene rings is 2. The highest BCUT2D eigenvalue weighted by molar-refractivity contribution is 7.89. The van der Waals surface area contributed by atoms with Crippen LogP contribution in [0.1, 0.15) is 26.3 Å². The van der Waals surface area contributed by atoms with Crippen LogP contribution in [0.25, 0.3) is 0 Å². The van der Waals surface area contributed by atoms with E-state index in [9.17, 15) is 18.5 Å². The Hall–Kier alpha value is -2.98. The summed E-state index contributed by atoms with van der Waals surface area (Å²) in [5.74, 6) is 0.706. The summed E-state index contributed by atoms with van der Waals surface area (Å²) < 4.78 is 32.3. The molecule has 0 fully saturated rings. The molecule has 0 atom stereocenters. The number of nitrogens with one attached hydrogen (secondary N) is 1. The Morgan fingerprint density at radius 2 is 1.79 bits per heavy atom. The molecule has 0 spiro atoms. The molecule has 156 valence electrons. The number of non-ortho nitro benzene ring substituents is 1. The van der Waals surface area contributed by atoms with Gasteiger partial charge in [-0.2, -0.15) is 9.41 Å². The summed E-state index contributed by atoms with van der Waals surface area (Å²) in [5.41, 5.74) is 4.02. The molecule has 2 aromatic carbocycles. The van der Waals surface area contributed by atoms with Crippen molar-refractivity contribution in [1.29, 1.82) is 0 Å². The van der Waals surface area contributed by atoms with E-state index in [1.807, 2.05) is 12.1 Å². The average molecular weight is 420 g/mol. The van der Waals surface area contributed by atoms with E-state index in [1.54, 1.807) is 40.0 Å². The Kier molecular flexibility index (Phi) is 7.29. The van der Waals surface area contributed by atoms with Crippen molar-refractivity contribution in [1.82, 2.24) is 4.31 Å². The Morgan fingerprint density at radius 1 is 1.17 bits per heavy atom. The molecular formula is C19H24N4O5S. The molecule has 0 amide bonds. The van der Waals surface area contributed by atoms with Gasteiger partial charge in [-0.05, 0) is 42.8 Å². The fourth-order valence-corrected chi connectivity index (χ4v) is 4.29. The third-order valence-electron chi connectivity index (χ3n) is 4.35. The number of methoxy groups -OCH3 is 1. The van der Waals surface area contributed by atoms with Crippen molar-refractivity contribution >= 4 is 27.1 Å². The van der Waals surface area contributed by atoms with Gasteiger partial charge >= 0.3 is 0 Å². The smallest absolute Gasteiger partial charge is 0.270 e. The van der Waals surface area contributed by atoms with Crippen LogP contribution in [0.3, 0.4) is 0 Å². The van der Waals surface area contributed by atoms with E-state index in [1.165, 1.54) is 16.4 Å². The van der Waals surface area contributed by atoms with Gasteiger partial charge in [0.25, 0.3) is 5.69 Å². The van der Waals surface area contributed by atoms with E-state index in [4.69, 9.17) is 4.74 Å². The molecule has 0 unspecified atom stereocenters. The minimum atomic E-state index is -3.93. The number of sulfonamides is 1. The number of nitro benzene ring substituents is 1. The van der Waals surface area contributed by atoms with Gasteiger partial charge in [0, 0.05) is 25.2 Å². The Labute approximate surface area is 170 Å². The first-order valence-electron chi connectivity index (χ1n) is 8.97. The normalized spacial score (nSPS) is 12.1. The van der Waals surface area contributed by atoms with Crippen molar-refractivity contribution in [3.05, 3.63) is 58.1 Å². The average Bonchev–Trinajstić information content (AvgIpc) is 2.72. The van der Waals surface area contributed by atoms with Crippen molar-refractivity contribution in [2.75, 3.05) is 25.6 Å². The summed E-state index contributed by atoms with van der Waals surface area (Å²) in [5, 5.41) is 15.4. The third kappa shape index (κ3) is 5.09. The first kappa shape index (κ1) is 22.3. The van der Waals surface area contributed by atoms with Crippen LogP contribution in [0, 0.1) is 10.1 Å². The molecule has 1 N–H and O–H groups in total. The molecule has 2 rings (SSSR count). The predicted octanol–water partition coefficient (Wildman–Crippen LogP) is 3.47. The topological polar surface area (TPSA) is 114 Å². The summed E-state index contributed by atoms with van der Waals surface area (Å²) in [7, 11) is -2.36. The molecule has 2 aromatic rings. The predicted molar refractivity (Wildman–Crippen MR) is 112 cm³/mol. The SMILES string of the molecule is CCN(CC)S(=O)(=O)c1cc([N+](=O)[O-])ccc1NN=C(C)c1ccc(OC)cc1. The number of nitrogens with zero attached hydrogens (tertiary/aromatic N) is 3. The highest BCUT2D eigenvalue weighted by Crippen LogP contribution is 2.29. The van der Waals surface area contributed by atoms with Gasteiger partial charge in [-0.1, -0.05) is 13.8 Å². The number of hydrogen-bond donors (Lipinski definition) is 1. The zero-order chi connectivity index (χ0) is 21.6. The van der Waals surface area contributed by atoms with Gasteiger partial charge in [-0.25, -0.2) is 8.42 Å². The second-order valence-corrected chi connectivity index (χ2v) is 7.97. The summed E-state index contributed by atoms with van der Waals surface area (Å²) in [4.78, 5) is 10.3. The van der Waals surface area contributed by atoms with Crippen LogP contribution in [0.2, 0.25) is 0 Å². The van der Waals surface area contributed by atoms with Gasteiger partial charge in [0.2, 0.25) is 10.0 Å². The van der Waals surface area contributed by atoms with Gasteiger partial charge in [0.1, 0.15) is 10.6 Å². The molecule has 0 heterocycles. The second-order valence-electron chi connectivity index (χ2n) is 6.06. The maximum atomic E-state index is 13.0. The molecule has 0 aliphatic rings. The highest BCUT2D eigenvalue weighted by Gasteiger charge is 2.27. The molecule has 0 aliphatic carbocycles. The van der Waals surface area contributed by atoms with Crippen molar-refractivity contribution in [3.8, 4) is 5.75 Å². The van der Waals surface area contributed by atoms with Gasteiger partial charge in [-0.15, -0.1) is 0 Å². The van der Waals surface area contributed by atoms with Crippen molar-refractivity contribution in [2.24, 2.45) is 5.10 Å². The van der Waals surface area contributed by atoms with E-state index in [2.05, 4.69) is 10.5 Å². The minimum Gasteiger partial charge on any atom is -0.497 e. The fourth-order valence-electron chi connectivity index (χ4n) is 2.67. The third-order valence-corrected chi connectivity index (χ3v) is 6.44. The molecule has 0 aromatic heterocycles. The van der Waals surface area contributed by atoms with Gasteiger partial charge in [0.15, 0.2) is 0 Å². The van der Waals surface area contributed by atoms with Crippen LogP contribution in [0.15, 0.2) is 52.5 Å². The Morgan fingerprint density at radius 3 is 2.31 bits per heavy atom. The molecule has 0 saturated heterocycles. The molecule has 9 nitrogen and oxygen atoms in total. The monoisotopic (exact) mass is 420 g/mol. The Bertz CT molecular complexity index is 1000. The lowest BCUT2D eigenvalue weighted by molar-refractivity contribution is -0.385. The van der Waals surface area contributed by atoms with Crippen LogP contribution >= 0.6 is 0 Å².